The van der Waals surface area contributed by atoms with Crippen molar-refractivity contribution in [3.63, 3.8) is 0 Å². The molecule has 0 saturated carbocycles. The molecule has 23 heavy (non-hydrogen) atoms. The van der Waals surface area contributed by atoms with Crippen molar-refractivity contribution in [3.8, 4) is 5.75 Å². The Morgan fingerprint density at radius 2 is 2.22 bits per heavy atom. The fourth-order valence-corrected chi connectivity index (χ4v) is 2.39. The van der Waals surface area contributed by atoms with Gasteiger partial charge in [-0.2, -0.15) is 5.10 Å². The number of benzene rings is 1. The molecule has 124 valence electrons. The Morgan fingerprint density at radius 3 is 2.83 bits per heavy atom. The maximum atomic E-state index is 12.3. The van der Waals surface area contributed by atoms with Crippen LogP contribution in [0.4, 0.5) is 5.82 Å². The Balaban J connectivity index is 1.86. The zero-order chi connectivity index (χ0) is 16.8. The smallest absolute Gasteiger partial charge is 0.244 e. The van der Waals surface area contributed by atoms with Crippen molar-refractivity contribution < 1.29 is 9.53 Å². The number of halogens is 1. The van der Waals surface area contributed by atoms with E-state index in [4.69, 9.17) is 22.1 Å². The molecule has 0 atom stereocenters. The molecule has 1 aromatic carbocycles. The van der Waals surface area contributed by atoms with Gasteiger partial charge >= 0.3 is 0 Å². The molecule has 1 heterocycles. The molecule has 2 aromatic rings. The zero-order valence-electron chi connectivity index (χ0n) is 13.3. The van der Waals surface area contributed by atoms with Crippen LogP contribution in [0.25, 0.3) is 0 Å². The van der Waals surface area contributed by atoms with Gasteiger partial charge in [0.1, 0.15) is 24.7 Å². The highest BCUT2D eigenvalue weighted by molar-refractivity contribution is 6.30. The highest BCUT2D eigenvalue weighted by Gasteiger charge is 2.14. The number of nitrogens with two attached hydrogens (primary N) is 1. The summed E-state index contributed by atoms with van der Waals surface area (Å²) < 4.78 is 7.13. The number of rotatable bonds is 7. The van der Waals surface area contributed by atoms with Crippen LogP contribution in [-0.4, -0.2) is 40.3 Å². The van der Waals surface area contributed by atoms with E-state index in [-0.39, 0.29) is 12.5 Å². The minimum Gasteiger partial charge on any atom is -0.492 e. The molecular formula is C16H21ClN4O2. The van der Waals surface area contributed by atoms with E-state index in [0.717, 1.165) is 5.69 Å². The number of hydrogen-bond donors (Lipinski definition) is 1. The zero-order valence-corrected chi connectivity index (χ0v) is 14.1. The van der Waals surface area contributed by atoms with E-state index in [1.54, 1.807) is 23.1 Å². The van der Waals surface area contributed by atoms with E-state index < -0.39 is 0 Å². The fourth-order valence-electron chi connectivity index (χ4n) is 2.21. The quantitative estimate of drug-likeness (QED) is 0.842. The number of ether oxygens (including phenoxy) is 1. The summed E-state index contributed by atoms with van der Waals surface area (Å²) in [6.45, 7) is 5.38. The molecule has 2 rings (SSSR count). The number of aryl methyl sites for hydroxylation is 1. The van der Waals surface area contributed by atoms with Crippen molar-refractivity contribution >= 4 is 23.3 Å². The van der Waals surface area contributed by atoms with E-state index in [1.807, 2.05) is 26.0 Å². The molecule has 6 nitrogen and oxygen atoms in total. The van der Waals surface area contributed by atoms with Gasteiger partial charge in [-0.25, -0.2) is 4.68 Å². The van der Waals surface area contributed by atoms with Crippen LogP contribution in [0.5, 0.6) is 5.75 Å². The summed E-state index contributed by atoms with van der Waals surface area (Å²) in [7, 11) is 0. The number of amides is 1. The monoisotopic (exact) mass is 336 g/mol. The van der Waals surface area contributed by atoms with Crippen LogP contribution in [0.3, 0.4) is 0 Å². The fraction of sp³-hybridized carbons (Fsp3) is 0.375. The molecule has 0 spiro atoms. The van der Waals surface area contributed by atoms with Gasteiger partial charge in [-0.3, -0.25) is 4.79 Å². The van der Waals surface area contributed by atoms with E-state index >= 15 is 0 Å². The molecule has 7 heteroatoms. The molecule has 1 aromatic heterocycles. The number of nitrogens with zero attached hydrogens (tertiary/aromatic N) is 3. The molecular weight excluding hydrogens is 316 g/mol. The van der Waals surface area contributed by atoms with Crippen molar-refractivity contribution in [1.82, 2.24) is 14.7 Å². The molecule has 0 aliphatic heterocycles. The molecule has 2 N–H and O–H groups in total. The Morgan fingerprint density at radius 1 is 1.43 bits per heavy atom. The summed E-state index contributed by atoms with van der Waals surface area (Å²) in [5.41, 5.74) is 6.61. The van der Waals surface area contributed by atoms with Gasteiger partial charge in [-0.1, -0.05) is 17.7 Å². The highest BCUT2D eigenvalue weighted by Crippen LogP contribution is 2.17. The largest absolute Gasteiger partial charge is 0.492 e. The number of aromatic nitrogens is 2. The standard InChI is InChI=1S/C16H21ClN4O2/c1-3-20(7-8-23-14-6-4-5-13(17)10-14)16(22)11-21-15(18)9-12(2)19-21/h4-6,9-10H,3,7-8,11,18H2,1-2H3. The molecule has 0 fully saturated rings. The van der Waals surface area contributed by atoms with Gasteiger partial charge in [0.25, 0.3) is 0 Å². The molecule has 0 aliphatic rings. The Hall–Kier alpha value is -2.21. The molecule has 0 aliphatic carbocycles. The lowest BCUT2D eigenvalue weighted by atomic mass is 10.3. The van der Waals surface area contributed by atoms with Crippen LogP contribution in [0, 0.1) is 6.92 Å². The van der Waals surface area contributed by atoms with E-state index in [0.29, 0.717) is 36.3 Å². The maximum Gasteiger partial charge on any atom is 0.244 e. The first kappa shape index (κ1) is 17.1. The van der Waals surface area contributed by atoms with Crippen molar-refractivity contribution in [1.29, 1.82) is 0 Å². The lowest BCUT2D eigenvalue weighted by Gasteiger charge is -2.21. The number of likely N-dealkylation sites (N-methyl/N-ethyl adjacent to an activating group) is 1. The second-order valence-electron chi connectivity index (χ2n) is 5.15. The number of nitrogen functional groups attached to an aromatic ring is 1. The van der Waals surface area contributed by atoms with E-state index in [1.165, 1.54) is 4.68 Å². The minimum atomic E-state index is -0.0444. The van der Waals surface area contributed by atoms with Crippen LogP contribution in [0.1, 0.15) is 12.6 Å². The van der Waals surface area contributed by atoms with Crippen LogP contribution in [-0.2, 0) is 11.3 Å². The Bertz CT molecular complexity index is 672. The van der Waals surface area contributed by atoms with Crippen molar-refractivity contribution in [3.05, 3.63) is 41.0 Å². The first-order valence-electron chi connectivity index (χ1n) is 7.45. The van der Waals surface area contributed by atoms with E-state index in [2.05, 4.69) is 5.10 Å². The molecule has 0 unspecified atom stereocenters. The summed E-state index contributed by atoms with van der Waals surface area (Å²) in [4.78, 5) is 14.0. The van der Waals surface area contributed by atoms with Crippen LogP contribution in [0.2, 0.25) is 5.02 Å². The number of carbonyl (C=O) groups excluding carboxylic acids is 1. The SMILES string of the molecule is CCN(CCOc1cccc(Cl)c1)C(=O)Cn1nc(C)cc1N. The maximum absolute atomic E-state index is 12.3. The highest BCUT2D eigenvalue weighted by atomic mass is 35.5. The molecule has 0 bridgehead atoms. The summed E-state index contributed by atoms with van der Waals surface area (Å²) in [5.74, 6) is 1.13. The van der Waals surface area contributed by atoms with Crippen LogP contribution < -0.4 is 10.5 Å². The van der Waals surface area contributed by atoms with Crippen LogP contribution >= 0.6 is 11.6 Å². The Kier molecular flexibility index (Phi) is 5.87. The van der Waals surface area contributed by atoms with Gasteiger partial charge < -0.3 is 15.4 Å². The van der Waals surface area contributed by atoms with Crippen molar-refractivity contribution in [2.24, 2.45) is 0 Å². The lowest BCUT2D eigenvalue weighted by Crippen LogP contribution is -2.37. The van der Waals surface area contributed by atoms with Crippen molar-refractivity contribution in [2.75, 3.05) is 25.4 Å². The average Bonchev–Trinajstić information content (AvgIpc) is 2.81. The third-order valence-electron chi connectivity index (χ3n) is 3.38. The predicted molar refractivity (Wildman–Crippen MR) is 90.6 cm³/mol. The Labute approximate surface area is 140 Å². The van der Waals surface area contributed by atoms with Gasteiger partial charge in [-0.05, 0) is 32.0 Å². The number of hydrogen-bond acceptors (Lipinski definition) is 4. The summed E-state index contributed by atoms with van der Waals surface area (Å²) >= 11 is 5.91. The van der Waals surface area contributed by atoms with Crippen molar-refractivity contribution in [2.45, 2.75) is 20.4 Å². The van der Waals surface area contributed by atoms with Gasteiger partial charge in [0.2, 0.25) is 5.91 Å². The van der Waals surface area contributed by atoms with Gasteiger partial charge in [0, 0.05) is 17.6 Å². The first-order valence-corrected chi connectivity index (χ1v) is 7.83. The topological polar surface area (TPSA) is 73.4 Å². The van der Waals surface area contributed by atoms with Gasteiger partial charge in [-0.15, -0.1) is 0 Å². The molecule has 1 amide bonds. The van der Waals surface area contributed by atoms with Crippen LogP contribution in [0.15, 0.2) is 30.3 Å². The van der Waals surface area contributed by atoms with Gasteiger partial charge in [0.05, 0.1) is 12.2 Å². The summed E-state index contributed by atoms with van der Waals surface area (Å²) in [6, 6.07) is 8.92. The lowest BCUT2D eigenvalue weighted by molar-refractivity contribution is -0.132. The third-order valence-corrected chi connectivity index (χ3v) is 3.61. The molecule has 0 radical (unpaired) electrons. The normalized spacial score (nSPS) is 10.6. The second-order valence-corrected chi connectivity index (χ2v) is 5.58. The summed E-state index contributed by atoms with van der Waals surface area (Å²) in [5, 5.41) is 4.82. The number of carbonyl (C=O) groups is 1. The predicted octanol–water partition coefficient (Wildman–Crippen LogP) is 2.35. The second kappa shape index (κ2) is 7.87. The van der Waals surface area contributed by atoms with Gasteiger partial charge in [0.15, 0.2) is 0 Å². The summed E-state index contributed by atoms with van der Waals surface area (Å²) in [6.07, 6.45) is 0. The average molecular weight is 337 g/mol. The van der Waals surface area contributed by atoms with E-state index in [9.17, 15) is 4.79 Å². The number of anilines is 1. The third kappa shape index (κ3) is 4.89. The minimum absolute atomic E-state index is 0.0444. The first-order chi connectivity index (χ1) is 11.0. The molecule has 0 saturated heterocycles.